The smallest absolute Gasteiger partial charge is 0.324 e. The van der Waals surface area contributed by atoms with E-state index in [1.165, 1.54) is 17.8 Å². The third kappa shape index (κ3) is 1.55. The fraction of sp³-hybridized carbons (Fsp3) is 0.500. The molecule has 0 unspecified atom stereocenters. The van der Waals surface area contributed by atoms with Gasteiger partial charge in [0, 0.05) is 26.3 Å². The fourth-order valence-corrected chi connectivity index (χ4v) is 1.15. The minimum Gasteiger partial charge on any atom is -0.324 e. The lowest BCUT2D eigenvalue weighted by atomic mass is 10.2. The Bertz CT molecular complexity index is 428. The van der Waals surface area contributed by atoms with E-state index in [-0.39, 0.29) is 17.3 Å². The van der Waals surface area contributed by atoms with Crippen molar-refractivity contribution in [3.8, 4) is 0 Å². The van der Waals surface area contributed by atoms with Crippen LogP contribution in [0, 0.1) is 0 Å². The topological polar surface area (TPSA) is 70.0 Å². The van der Waals surface area contributed by atoms with E-state index in [1.807, 2.05) is 0 Å². The van der Waals surface area contributed by atoms with Crippen LogP contribution in [0.3, 0.4) is 0 Å². The first-order valence-electron chi connectivity index (χ1n) is 3.97. The number of hydrogen-bond acceptors (Lipinski definition) is 3. The fourth-order valence-electron chi connectivity index (χ4n) is 1.15. The number of nitrogens with zero attached hydrogens (tertiary/aromatic N) is 2. The van der Waals surface area contributed by atoms with Crippen LogP contribution in [-0.4, -0.2) is 9.13 Å². The summed E-state index contributed by atoms with van der Waals surface area (Å²) < 4.78 is 2.40. The van der Waals surface area contributed by atoms with E-state index in [9.17, 15) is 9.59 Å². The van der Waals surface area contributed by atoms with Crippen molar-refractivity contribution >= 4 is 0 Å². The van der Waals surface area contributed by atoms with Crippen LogP contribution in [0.2, 0.25) is 0 Å². The highest BCUT2D eigenvalue weighted by Crippen LogP contribution is 1.99. The van der Waals surface area contributed by atoms with E-state index in [0.717, 1.165) is 4.57 Å². The van der Waals surface area contributed by atoms with Gasteiger partial charge in [-0.1, -0.05) is 0 Å². The summed E-state index contributed by atoms with van der Waals surface area (Å²) in [4.78, 5) is 22.7. The average molecular weight is 183 g/mol. The zero-order chi connectivity index (χ0) is 10.2. The van der Waals surface area contributed by atoms with Gasteiger partial charge in [-0.2, -0.15) is 0 Å². The molecular weight excluding hydrogens is 170 g/mol. The van der Waals surface area contributed by atoms with Crippen LogP contribution in [0.15, 0.2) is 15.8 Å². The summed E-state index contributed by atoms with van der Waals surface area (Å²) in [6.07, 6.45) is 1.48. The normalized spacial score (nSPS) is 12.9. The molecule has 0 saturated carbocycles. The third-order valence-corrected chi connectivity index (χ3v) is 1.96. The first-order chi connectivity index (χ1) is 5.95. The van der Waals surface area contributed by atoms with Gasteiger partial charge in [0.25, 0.3) is 5.56 Å². The Morgan fingerprint density at radius 3 is 2.38 bits per heavy atom. The monoisotopic (exact) mass is 183 g/mol. The van der Waals surface area contributed by atoms with Crippen LogP contribution < -0.4 is 17.0 Å². The summed E-state index contributed by atoms with van der Waals surface area (Å²) in [7, 11) is 3.03. The Balaban J connectivity index is 3.60. The second-order valence-corrected chi connectivity index (χ2v) is 3.13. The molecule has 0 aliphatic heterocycles. The molecule has 0 radical (unpaired) electrons. The van der Waals surface area contributed by atoms with Gasteiger partial charge in [0.05, 0.1) is 5.56 Å². The van der Waals surface area contributed by atoms with E-state index in [0.29, 0.717) is 5.56 Å². The van der Waals surface area contributed by atoms with Crippen LogP contribution in [0.25, 0.3) is 0 Å². The van der Waals surface area contributed by atoms with E-state index < -0.39 is 0 Å². The van der Waals surface area contributed by atoms with Gasteiger partial charge < -0.3 is 10.3 Å². The largest absolute Gasteiger partial charge is 0.330 e. The lowest BCUT2D eigenvalue weighted by molar-refractivity contribution is 0.646. The van der Waals surface area contributed by atoms with E-state index >= 15 is 0 Å². The third-order valence-electron chi connectivity index (χ3n) is 1.96. The molecule has 0 spiro atoms. The summed E-state index contributed by atoms with van der Waals surface area (Å²) in [5.41, 5.74) is 5.36. The van der Waals surface area contributed by atoms with E-state index in [2.05, 4.69) is 0 Å². The van der Waals surface area contributed by atoms with Crippen LogP contribution in [-0.2, 0) is 14.1 Å². The minimum absolute atomic E-state index is 0.321. The maximum atomic E-state index is 11.5. The van der Waals surface area contributed by atoms with Crippen molar-refractivity contribution in [3.05, 3.63) is 32.6 Å². The summed E-state index contributed by atoms with van der Waals surface area (Å²) in [6, 6.07) is -0.356. The van der Waals surface area contributed by atoms with Crippen LogP contribution >= 0.6 is 0 Å². The summed E-state index contributed by atoms with van der Waals surface area (Å²) in [6.45, 7) is 1.71. The Kier molecular flexibility index (Phi) is 2.38. The molecule has 5 heteroatoms. The zero-order valence-corrected chi connectivity index (χ0v) is 7.94. The SMILES string of the molecule is C[C@@H](N)c1cn(C)c(=O)n(C)c1=O. The summed E-state index contributed by atoms with van der Waals surface area (Å²) >= 11 is 0. The maximum absolute atomic E-state index is 11.5. The van der Waals surface area contributed by atoms with Crippen LogP contribution in [0.1, 0.15) is 18.5 Å². The molecule has 0 bridgehead atoms. The second kappa shape index (κ2) is 3.18. The number of rotatable bonds is 1. The molecular formula is C8H13N3O2. The Labute approximate surface area is 75.4 Å². The lowest BCUT2D eigenvalue weighted by Gasteiger charge is -2.08. The van der Waals surface area contributed by atoms with Crippen molar-refractivity contribution in [2.75, 3.05) is 0 Å². The van der Waals surface area contributed by atoms with Crippen molar-refractivity contribution in [3.63, 3.8) is 0 Å². The van der Waals surface area contributed by atoms with Crippen LogP contribution in [0.5, 0.6) is 0 Å². The molecule has 13 heavy (non-hydrogen) atoms. The molecule has 1 atom stereocenters. The van der Waals surface area contributed by atoms with Gasteiger partial charge in [-0.25, -0.2) is 4.79 Å². The highest BCUT2D eigenvalue weighted by atomic mass is 16.2. The lowest BCUT2D eigenvalue weighted by Crippen LogP contribution is -2.39. The second-order valence-electron chi connectivity index (χ2n) is 3.13. The van der Waals surface area contributed by atoms with Gasteiger partial charge in [-0.05, 0) is 6.92 Å². The van der Waals surface area contributed by atoms with Crippen molar-refractivity contribution < 1.29 is 0 Å². The molecule has 1 aromatic rings. The highest BCUT2D eigenvalue weighted by molar-refractivity contribution is 5.09. The first-order valence-corrected chi connectivity index (χ1v) is 3.97. The Morgan fingerprint density at radius 1 is 1.38 bits per heavy atom. The maximum Gasteiger partial charge on any atom is 0.330 e. The van der Waals surface area contributed by atoms with Gasteiger partial charge in [-0.3, -0.25) is 9.36 Å². The predicted octanol–water partition coefficient (Wildman–Crippen LogP) is -0.896. The molecule has 0 aliphatic rings. The molecule has 5 nitrogen and oxygen atoms in total. The Morgan fingerprint density at radius 2 is 1.92 bits per heavy atom. The van der Waals surface area contributed by atoms with Crippen molar-refractivity contribution in [1.82, 2.24) is 9.13 Å². The van der Waals surface area contributed by atoms with Gasteiger partial charge in [0.1, 0.15) is 0 Å². The highest BCUT2D eigenvalue weighted by Gasteiger charge is 2.09. The standard InChI is InChI=1S/C8H13N3O2/c1-5(9)6-4-10(2)8(13)11(3)7(6)12/h4-5H,9H2,1-3H3/t5-/m1/s1. The van der Waals surface area contributed by atoms with Crippen LogP contribution in [0.4, 0.5) is 0 Å². The quantitative estimate of drug-likeness (QED) is 0.613. The van der Waals surface area contributed by atoms with Crippen molar-refractivity contribution in [2.45, 2.75) is 13.0 Å². The zero-order valence-electron chi connectivity index (χ0n) is 7.94. The molecule has 72 valence electrons. The number of nitrogens with two attached hydrogens (primary N) is 1. The van der Waals surface area contributed by atoms with Gasteiger partial charge in [0.2, 0.25) is 0 Å². The molecule has 0 aliphatic carbocycles. The molecule has 0 aromatic carbocycles. The van der Waals surface area contributed by atoms with Gasteiger partial charge in [-0.15, -0.1) is 0 Å². The molecule has 1 aromatic heterocycles. The minimum atomic E-state index is -0.356. The van der Waals surface area contributed by atoms with Gasteiger partial charge >= 0.3 is 5.69 Å². The molecule has 1 heterocycles. The molecule has 0 fully saturated rings. The number of hydrogen-bond donors (Lipinski definition) is 1. The summed E-state index contributed by atoms with van der Waals surface area (Å²) in [5, 5.41) is 0. The molecule has 2 N–H and O–H groups in total. The Hall–Kier alpha value is -1.36. The van der Waals surface area contributed by atoms with Crippen molar-refractivity contribution in [1.29, 1.82) is 0 Å². The molecule has 0 saturated heterocycles. The average Bonchev–Trinajstić information content (AvgIpc) is 2.07. The van der Waals surface area contributed by atoms with Crippen molar-refractivity contribution in [2.24, 2.45) is 19.8 Å². The molecule has 1 rings (SSSR count). The number of aromatic nitrogens is 2. The predicted molar refractivity (Wildman–Crippen MR) is 49.5 cm³/mol. The molecule has 0 amide bonds. The first kappa shape index (κ1) is 9.73. The number of aryl methyl sites for hydroxylation is 1. The van der Waals surface area contributed by atoms with E-state index in [1.54, 1.807) is 14.0 Å². The summed E-state index contributed by atoms with van der Waals surface area (Å²) in [5.74, 6) is 0. The van der Waals surface area contributed by atoms with Gasteiger partial charge in [0.15, 0.2) is 0 Å². The van der Waals surface area contributed by atoms with E-state index in [4.69, 9.17) is 5.73 Å².